The molecule has 11 nitrogen and oxygen atoms in total. The van der Waals surface area contributed by atoms with Crippen molar-refractivity contribution in [1.29, 1.82) is 0 Å². The lowest BCUT2D eigenvalue weighted by Gasteiger charge is -2.18. The van der Waals surface area contributed by atoms with Crippen molar-refractivity contribution in [3.05, 3.63) is 36.5 Å². The van der Waals surface area contributed by atoms with Crippen molar-refractivity contribution >= 4 is 25.7 Å². The lowest BCUT2D eigenvalue weighted by atomic mass is 10.0. The molecule has 0 rings (SSSR count). The summed E-state index contributed by atoms with van der Waals surface area (Å²) >= 11 is 0. The van der Waals surface area contributed by atoms with E-state index in [-0.39, 0.29) is 12.8 Å². The van der Waals surface area contributed by atoms with E-state index < -0.39 is 57.6 Å². The Bertz CT molecular complexity index is 1000. The predicted octanol–water partition coefficient (Wildman–Crippen LogP) is 8.88. The molecule has 4 N–H and O–H groups in total. The largest absolute Gasteiger partial charge is 0.480 e. The number of aliphatic carboxylic acids is 1. The number of carbonyl (C=O) groups is 3. The first kappa shape index (κ1) is 47.7. The number of aliphatic hydroxyl groups excluding tert-OH is 1. The molecule has 0 aliphatic carbocycles. The standard InChI is InChI=1S/C38H68NO10P/c1-3-5-7-9-11-13-15-17-19-21-23-25-27-29-36(41)39-35(38(43)44)33-49-50(45,46)48-32-34(40)31-47-37(42)30-28-26-24-22-20-18-16-14-12-10-8-6-4-2/h5,7,11,13,17,19,34-35,40H,3-4,6,8-10,12,14-16,18,20-33H2,1-2H3,(H,39,41)(H,43,44)(H,45,46)/b7-5-,13-11-,19-17-. The van der Waals surface area contributed by atoms with Crippen LogP contribution in [0.3, 0.4) is 0 Å². The van der Waals surface area contributed by atoms with Crippen molar-refractivity contribution < 1.29 is 47.8 Å². The molecule has 0 saturated carbocycles. The van der Waals surface area contributed by atoms with Crippen LogP contribution in [0.2, 0.25) is 0 Å². The van der Waals surface area contributed by atoms with Gasteiger partial charge in [-0.3, -0.25) is 18.6 Å². The molecule has 3 atom stereocenters. The molecule has 290 valence electrons. The zero-order valence-electron chi connectivity index (χ0n) is 30.9. The zero-order valence-corrected chi connectivity index (χ0v) is 31.8. The number of phosphoric ester groups is 1. The SMILES string of the molecule is CC/C=C\C/C=C\C/C=C\CCCCCC(=O)NC(COP(=O)(O)OCC(O)COC(=O)CCCCCCCCCCCCCCC)C(=O)O. The Morgan fingerprint density at radius 3 is 1.74 bits per heavy atom. The predicted molar refractivity (Wildman–Crippen MR) is 199 cm³/mol. The van der Waals surface area contributed by atoms with Crippen molar-refractivity contribution in [1.82, 2.24) is 5.32 Å². The van der Waals surface area contributed by atoms with Gasteiger partial charge in [-0.15, -0.1) is 0 Å². The van der Waals surface area contributed by atoms with E-state index >= 15 is 0 Å². The zero-order chi connectivity index (χ0) is 37.1. The van der Waals surface area contributed by atoms with Gasteiger partial charge in [0.25, 0.3) is 0 Å². The van der Waals surface area contributed by atoms with Gasteiger partial charge < -0.3 is 25.2 Å². The van der Waals surface area contributed by atoms with Gasteiger partial charge in [0, 0.05) is 12.8 Å². The maximum absolute atomic E-state index is 12.2. The van der Waals surface area contributed by atoms with Crippen LogP contribution in [-0.4, -0.2) is 64.9 Å². The first-order chi connectivity index (χ1) is 24.1. The van der Waals surface area contributed by atoms with E-state index in [4.69, 9.17) is 13.8 Å². The number of unbranched alkanes of at least 4 members (excludes halogenated alkanes) is 15. The fourth-order valence-electron chi connectivity index (χ4n) is 4.98. The van der Waals surface area contributed by atoms with E-state index in [9.17, 15) is 34.1 Å². The van der Waals surface area contributed by atoms with Crippen molar-refractivity contribution in [2.45, 2.75) is 167 Å². The number of allylic oxidation sites excluding steroid dienone is 6. The number of nitrogens with one attached hydrogen (secondary N) is 1. The summed E-state index contributed by atoms with van der Waals surface area (Å²) in [6, 6.07) is -1.56. The first-order valence-electron chi connectivity index (χ1n) is 19.0. The highest BCUT2D eigenvalue weighted by Gasteiger charge is 2.28. The van der Waals surface area contributed by atoms with Crippen molar-refractivity contribution in [3.63, 3.8) is 0 Å². The van der Waals surface area contributed by atoms with Gasteiger partial charge >= 0.3 is 19.8 Å². The van der Waals surface area contributed by atoms with E-state index in [1.54, 1.807) is 0 Å². The Hall–Kier alpha value is -2.30. The third-order valence-electron chi connectivity index (χ3n) is 7.94. The van der Waals surface area contributed by atoms with Gasteiger partial charge in [-0.2, -0.15) is 0 Å². The number of hydrogen-bond acceptors (Lipinski definition) is 8. The highest BCUT2D eigenvalue weighted by atomic mass is 31.2. The summed E-state index contributed by atoms with van der Waals surface area (Å²) in [5, 5.41) is 21.7. The molecule has 0 bridgehead atoms. The number of esters is 1. The number of carbonyl (C=O) groups excluding carboxylic acids is 2. The average molecular weight is 730 g/mol. The molecule has 1 amide bonds. The maximum Gasteiger partial charge on any atom is 0.472 e. The molecule has 0 aromatic rings. The lowest BCUT2D eigenvalue weighted by molar-refractivity contribution is -0.147. The van der Waals surface area contributed by atoms with Crippen molar-refractivity contribution in [3.8, 4) is 0 Å². The second-order valence-corrected chi connectivity index (χ2v) is 14.2. The second kappa shape index (κ2) is 33.8. The van der Waals surface area contributed by atoms with Gasteiger partial charge in [-0.1, -0.05) is 134 Å². The number of carboxylic acid groups (broad SMARTS) is 1. The van der Waals surface area contributed by atoms with Crippen LogP contribution in [0.25, 0.3) is 0 Å². The summed E-state index contributed by atoms with van der Waals surface area (Å²) in [6.07, 6.45) is 33.2. The Morgan fingerprint density at radius 1 is 0.660 bits per heavy atom. The summed E-state index contributed by atoms with van der Waals surface area (Å²) < 4.78 is 26.7. The van der Waals surface area contributed by atoms with E-state index in [1.165, 1.54) is 57.8 Å². The molecule has 0 spiro atoms. The summed E-state index contributed by atoms with van der Waals surface area (Å²) in [7, 11) is -4.75. The Labute approximate surface area is 301 Å². The summed E-state index contributed by atoms with van der Waals surface area (Å²) in [5.41, 5.74) is 0. The number of phosphoric acid groups is 1. The number of rotatable bonds is 35. The van der Waals surface area contributed by atoms with E-state index in [0.717, 1.165) is 57.8 Å². The first-order valence-corrected chi connectivity index (χ1v) is 20.5. The molecule has 0 aromatic carbocycles. The van der Waals surface area contributed by atoms with Gasteiger partial charge in [0.2, 0.25) is 5.91 Å². The Kier molecular flexibility index (Phi) is 32.3. The van der Waals surface area contributed by atoms with Gasteiger partial charge in [0.05, 0.1) is 13.2 Å². The quantitative estimate of drug-likeness (QED) is 0.0214. The molecule has 3 unspecified atom stereocenters. The van der Waals surface area contributed by atoms with Crippen LogP contribution in [-0.2, 0) is 32.7 Å². The Balaban J connectivity index is 4.00. The van der Waals surface area contributed by atoms with E-state index in [0.29, 0.717) is 12.8 Å². The lowest BCUT2D eigenvalue weighted by Crippen LogP contribution is -2.43. The molecule has 12 heteroatoms. The molecule has 0 heterocycles. The number of aliphatic hydroxyl groups is 1. The minimum absolute atomic E-state index is 0.110. The molecule has 0 fully saturated rings. The van der Waals surface area contributed by atoms with Gasteiger partial charge in [-0.25, -0.2) is 9.36 Å². The average Bonchev–Trinajstić information content (AvgIpc) is 3.08. The third kappa shape index (κ3) is 32.9. The van der Waals surface area contributed by atoms with Crippen LogP contribution in [0.15, 0.2) is 36.5 Å². The molecule has 0 radical (unpaired) electrons. The van der Waals surface area contributed by atoms with Gasteiger partial charge in [0.15, 0.2) is 6.04 Å². The van der Waals surface area contributed by atoms with Crippen LogP contribution in [0, 0.1) is 0 Å². The van der Waals surface area contributed by atoms with Crippen LogP contribution >= 0.6 is 7.82 Å². The van der Waals surface area contributed by atoms with Crippen LogP contribution < -0.4 is 5.32 Å². The highest BCUT2D eigenvalue weighted by Crippen LogP contribution is 2.43. The number of hydrogen-bond donors (Lipinski definition) is 4. The Morgan fingerprint density at radius 2 is 1.16 bits per heavy atom. The van der Waals surface area contributed by atoms with Crippen LogP contribution in [0.1, 0.15) is 155 Å². The summed E-state index contributed by atoms with van der Waals surface area (Å²) in [5.74, 6) is -2.42. The smallest absolute Gasteiger partial charge is 0.472 e. The molecule has 0 aromatic heterocycles. The summed E-state index contributed by atoms with van der Waals surface area (Å²) in [6.45, 7) is 2.43. The van der Waals surface area contributed by atoms with Gasteiger partial charge in [-0.05, 0) is 44.9 Å². The van der Waals surface area contributed by atoms with Crippen LogP contribution in [0.4, 0.5) is 0 Å². The highest BCUT2D eigenvalue weighted by molar-refractivity contribution is 7.47. The maximum atomic E-state index is 12.2. The van der Waals surface area contributed by atoms with Gasteiger partial charge in [0.1, 0.15) is 12.7 Å². The number of ether oxygens (including phenoxy) is 1. The number of carboxylic acids is 1. The molecular formula is C38H68NO10P. The molecule has 0 aliphatic heterocycles. The number of amides is 1. The third-order valence-corrected chi connectivity index (χ3v) is 8.89. The fourth-order valence-corrected chi connectivity index (χ4v) is 5.75. The minimum atomic E-state index is -4.75. The molecular weight excluding hydrogens is 661 g/mol. The monoisotopic (exact) mass is 729 g/mol. The van der Waals surface area contributed by atoms with Crippen molar-refractivity contribution in [2.24, 2.45) is 0 Å². The van der Waals surface area contributed by atoms with Crippen molar-refractivity contribution in [2.75, 3.05) is 19.8 Å². The van der Waals surface area contributed by atoms with Crippen LogP contribution in [0.5, 0.6) is 0 Å². The van der Waals surface area contributed by atoms with E-state index in [2.05, 4.69) is 55.6 Å². The minimum Gasteiger partial charge on any atom is -0.480 e. The normalized spacial score (nSPS) is 14.3. The molecule has 50 heavy (non-hydrogen) atoms. The topological polar surface area (TPSA) is 169 Å². The summed E-state index contributed by atoms with van der Waals surface area (Å²) in [4.78, 5) is 45.6. The molecule has 0 saturated heterocycles. The second-order valence-electron chi connectivity index (χ2n) is 12.7. The molecule has 0 aliphatic rings. The fraction of sp³-hybridized carbons (Fsp3) is 0.763. The van der Waals surface area contributed by atoms with E-state index in [1.807, 2.05) is 0 Å².